The summed E-state index contributed by atoms with van der Waals surface area (Å²) < 4.78 is 0. The Bertz CT molecular complexity index is 152. The molecule has 83 valence electrons. The molecule has 0 saturated carbocycles. The number of carbonyl (C=O) groups is 1. The number of amides is 1. The predicted octanol–water partition coefficient (Wildman–Crippen LogP) is 3.14. The molecule has 0 unspecified atom stereocenters. The lowest BCUT2D eigenvalue weighted by Crippen LogP contribution is -2.25. The van der Waals surface area contributed by atoms with Crippen molar-refractivity contribution < 1.29 is 4.79 Å². The smallest absolute Gasteiger partial charge is 0.222 e. The molecule has 14 heavy (non-hydrogen) atoms. The Labute approximate surface area is 88.5 Å². The van der Waals surface area contributed by atoms with Crippen molar-refractivity contribution >= 4 is 5.91 Å². The van der Waals surface area contributed by atoms with Crippen LogP contribution in [0.15, 0.2) is 0 Å². The predicted molar refractivity (Wildman–Crippen MR) is 60.6 cm³/mol. The Kier molecular flexibility index (Phi) is 7.54. The lowest BCUT2D eigenvalue weighted by atomic mass is 10.1. The van der Waals surface area contributed by atoms with Crippen LogP contribution in [-0.2, 0) is 4.79 Å². The van der Waals surface area contributed by atoms with Gasteiger partial charge in [-0.05, 0) is 12.3 Å². The average molecular weight is 198 g/mol. The van der Waals surface area contributed by atoms with E-state index in [0.717, 1.165) is 12.3 Å². The zero-order valence-corrected chi connectivity index (χ0v) is 9.97. The zero-order chi connectivity index (χ0) is 11.0. The summed E-state index contributed by atoms with van der Waals surface area (Å²) >= 11 is 0. The Balaban J connectivity index is 3.18. The molecule has 1 amide bonds. The number of hydrogen-bond donors (Lipinski definition) is 1. The van der Waals surface area contributed by atoms with Gasteiger partial charge in [0.2, 0.25) is 5.91 Å². The van der Waals surface area contributed by atoms with Gasteiger partial charge < -0.3 is 5.32 Å². The van der Waals surface area contributed by atoms with Gasteiger partial charge in [0, 0.05) is 12.5 Å². The maximum atomic E-state index is 11.1. The molecule has 0 saturated heterocycles. The Hall–Kier alpha value is -0.530. The van der Waals surface area contributed by atoms with Gasteiger partial charge in [-0.2, -0.15) is 0 Å². The van der Waals surface area contributed by atoms with Gasteiger partial charge in [-0.1, -0.05) is 47.0 Å². The molecule has 0 aliphatic rings. The van der Waals surface area contributed by atoms with E-state index in [1.165, 1.54) is 19.3 Å². The summed E-state index contributed by atoms with van der Waals surface area (Å²) in [5, 5.41) is 2.81. The summed E-state index contributed by atoms with van der Waals surface area (Å²) in [5.41, 5.74) is 0. The molecule has 0 aliphatic heterocycles. The molecule has 0 aliphatic carbocycles. The van der Waals surface area contributed by atoms with Crippen LogP contribution >= 0.6 is 0 Å². The first kappa shape index (κ1) is 13.5. The van der Waals surface area contributed by atoms with E-state index in [1.807, 2.05) is 20.4 Å². The maximum Gasteiger partial charge on any atom is 0.222 e. The van der Waals surface area contributed by atoms with Crippen LogP contribution in [0.1, 0.15) is 53.4 Å². The van der Waals surface area contributed by atoms with Crippen LogP contribution in [0.5, 0.6) is 0 Å². The minimum Gasteiger partial charge on any atom is -0.351 e. The van der Waals surface area contributed by atoms with Gasteiger partial charge in [0.15, 0.2) is 0 Å². The largest absolute Gasteiger partial charge is 0.351 e. The number of rotatable bonds is 7. The first-order valence-electron chi connectivity index (χ1n) is 5.66. The third-order valence-electron chi connectivity index (χ3n) is 2.15. The van der Waals surface area contributed by atoms with Crippen LogP contribution in [0.4, 0.5) is 0 Å². The van der Waals surface area contributed by atoms with Gasteiger partial charge >= 0.3 is 0 Å². The molecule has 0 heterocycles. The lowest BCUT2D eigenvalue weighted by molar-refractivity contribution is -0.123. The highest BCUT2D eigenvalue weighted by molar-refractivity contribution is 5.78. The molecular weight excluding hydrogens is 174 g/mol. The van der Waals surface area contributed by atoms with Crippen molar-refractivity contribution in [1.29, 1.82) is 0 Å². The van der Waals surface area contributed by atoms with Gasteiger partial charge in [-0.3, -0.25) is 4.79 Å². The standard InChI is InChI=1S/C12H24NO/c1-10(2)8-6-5-7-9-13-12(14)11(3)4/h9-11H,5-8H2,1-4H3,(H,13,14). The fraction of sp³-hybridized carbons (Fsp3) is 0.833. The number of carbonyl (C=O) groups excluding carboxylic acids is 1. The fourth-order valence-electron chi connectivity index (χ4n) is 1.14. The molecular formula is C12H24NO. The van der Waals surface area contributed by atoms with Crippen molar-refractivity contribution in [3.8, 4) is 0 Å². The van der Waals surface area contributed by atoms with Crippen molar-refractivity contribution in [3.05, 3.63) is 6.54 Å². The minimum absolute atomic E-state index is 0.0851. The van der Waals surface area contributed by atoms with Crippen molar-refractivity contribution in [2.24, 2.45) is 11.8 Å². The molecule has 0 aromatic carbocycles. The molecule has 2 nitrogen and oxygen atoms in total. The molecule has 0 bridgehead atoms. The van der Waals surface area contributed by atoms with E-state index in [4.69, 9.17) is 0 Å². The van der Waals surface area contributed by atoms with Crippen LogP contribution < -0.4 is 5.32 Å². The van der Waals surface area contributed by atoms with E-state index in [-0.39, 0.29) is 11.8 Å². The molecule has 0 rings (SSSR count). The Morgan fingerprint density at radius 2 is 1.86 bits per heavy atom. The molecule has 0 fully saturated rings. The van der Waals surface area contributed by atoms with Crippen LogP contribution in [-0.4, -0.2) is 5.91 Å². The van der Waals surface area contributed by atoms with E-state index in [2.05, 4.69) is 19.2 Å². The third kappa shape index (κ3) is 8.09. The Morgan fingerprint density at radius 3 is 2.36 bits per heavy atom. The molecule has 1 radical (unpaired) electrons. The van der Waals surface area contributed by atoms with Gasteiger partial charge in [0.25, 0.3) is 0 Å². The van der Waals surface area contributed by atoms with Crippen molar-refractivity contribution in [2.75, 3.05) is 0 Å². The van der Waals surface area contributed by atoms with E-state index in [9.17, 15) is 4.79 Å². The van der Waals surface area contributed by atoms with E-state index in [0.29, 0.717) is 0 Å². The molecule has 0 aromatic heterocycles. The second kappa shape index (κ2) is 7.84. The maximum absolute atomic E-state index is 11.1. The summed E-state index contributed by atoms with van der Waals surface area (Å²) in [6.45, 7) is 10.2. The van der Waals surface area contributed by atoms with Crippen LogP contribution in [0.3, 0.4) is 0 Å². The third-order valence-corrected chi connectivity index (χ3v) is 2.15. The second-order valence-corrected chi connectivity index (χ2v) is 4.55. The first-order valence-corrected chi connectivity index (χ1v) is 5.66. The fourth-order valence-corrected chi connectivity index (χ4v) is 1.14. The monoisotopic (exact) mass is 198 g/mol. The van der Waals surface area contributed by atoms with E-state index >= 15 is 0 Å². The number of unbranched alkanes of at least 4 members (excludes halogenated alkanes) is 2. The number of hydrogen-bond acceptors (Lipinski definition) is 1. The molecule has 0 spiro atoms. The van der Waals surface area contributed by atoms with Crippen molar-refractivity contribution in [1.82, 2.24) is 5.32 Å². The highest BCUT2D eigenvalue weighted by Gasteiger charge is 2.04. The summed E-state index contributed by atoms with van der Waals surface area (Å²) in [4.78, 5) is 11.1. The van der Waals surface area contributed by atoms with E-state index < -0.39 is 0 Å². The van der Waals surface area contributed by atoms with Gasteiger partial charge in [0.1, 0.15) is 0 Å². The van der Waals surface area contributed by atoms with Crippen molar-refractivity contribution in [3.63, 3.8) is 0 Å². The number of nitrogens with one attached hydrogen (secondary N) is 1. The van der Waals surface area contributed by atoms with E-state index in [1.54, 1.807) is 0 Å². The van der Waals surface area contributed by atoms with Crippen LogP contribution in [0.25, 0.3) is 0 Å². The molecule has 1 N–H and O–H groups in total. The van der Waals surface area contributed by atoms with Crippen LogP contribution in [0.2, 0.25) is 0 Å². The van der Waals surface area contributed by atoms with Crippen LogP contribution in [0, 0.1) is 18.4 Å². The molecule has 2 heteroatoms. The van der Waals surface area contributed by atoms with Gasteiger partial charge in [0.05, 0.1) is 0 Å². The zero-order valence-electron chi connectivity index (χ0n) is 9.97. The minimum atomic E-state index is 0.0851. The topological polar surface area (TPSA) is 29.1 Å². The first-order chi connectivity index (χ1) is 6.54. The summed E-state index contributed by atoms with van der Waals surface area (Å²) in [7, 11) is 0. The van der Waals surface area contributed by atoms with Crippen molar-refractivity contribution in [2.45, 2.75) is 53.4 Å². The Morgan fingerprint density at radius 1 is 1.21 bits per heavy atom. The SMILES string of the molecule is CC(C)CCCC[CH]NC(=O)C(C)C. The lowest BCUT2D eigenvalue weighted by Gasteiger charge is -2.07. The second-order valence-electron chi connectivity index (χ2n) is 4.55. The summed E-state index contributed by atoms with van der Waals surface area (Å²) in [6, 6.07) is 0. The van der Waals surface area contributed by atoms with Gasteiger partial charge in [-0.15, -0.1) is 0 Å². The molecule has 0 aromatic rings. The molecule has 0 atom stereocenters. The quantitative estimate of drug-likeness (QED) is 0.626. The van der Waals surface area contributed by atoms with Gasteiger partial charge in [-0.25, -0.2) is 0 Å². The highest BCUT2D eigenvalue weighted by atomic mass is 16.1. The summed E-state index contributed by atoms with van der Waals surface area (Å²) in [5.74, 6) is 0.996. The normalized spacial score (nSPS) is 11.0. The summed E-state index contributed by atoms with van der Waals surface area (Å²) in [6.07, 6.45) is 4.71. The average Bonchev–Trinajstić information content (AvgIpc) is 2.09. The highest BCUT2D eigenvalue weighted by Crippen LogP contribution is 2.08.